The molecular formula is C17H18ClF2N3OS2. The number of nitrogens with zero attached hydrogens (tertiary/aromatic N) is 3. The Kier molecular flexibility index (Phi) is 7.05. The van der Waals surface area contributed by atoms with E-state index < -0.39 is 11.6 Å². The molecule has 3 aromatic rings. The summed E-state index contributed by atoms with van der Waals surface area (Å²) >= 11 is 2.47. The number of rotatable bonds is 6. The number of fused-ring (bicyclic) bond motifs is 1. The molecule has 26 heavy (non-hydrogen) atoms. The molecule has 0 N–H and O–H groups in total. The lowest BCUT2D eigenvalue weighted by molar-refractivity contribution is 0.0990. The first-order chi connectivity index (χ1) is 12.0. The summed E-state index contributed by atoms with van der Waals surface area (Å²) < 4.78 is 27.8. The van der Waals surface area contributed by atoms with Gasteiger partial charge >= 0.3 is 0 Å². The molecule has 9 heteroatoms. The topological polar surface area (TPSA) is 36.4 Å². The monoisotopic (exact) mass is 417 g/mol. The van der Waals surface area contributed by atoms with Gasteiger partial charge in [-0.15, -0.1) is 23.7 Å². The van der Waals surface area contributed by atoms with Crippen molar-refractivity contribution < 1.29 is 13.6 Å². The lowest BCUT2D eigenvalue weighted by atomic mass is 10.3. The third-order valence-electron chi connectivity index (χ3n) is 3.60. The van der Waals surface area contributed by atoms with Crippen molar-refractivity contribution in [1.82, 2.24) is 9.88 Å². The van der Waals surface area contributed by atoms with E-state index in [0.717, 1.165) is 30.4 Å². The standard InChI is InChI=1S/C17H17F2N3OS2.ClH/c1-21(2)6-4-7-22(16(23)13-5-3-8-24-13)17-20-15-12(19)9-11(18)10-14(15)25-17;/h3,5,8-10H,4,6-7H2,1-2H3;1H. The molecule has 0 aliphatic rings. The molecule has 0 atom stereocenters. The Balaban J connectivity index is 0.00000243. The molecule has 4 nitrogen and oxygen atoms in total. The van der Waals surface area contributed by atoms with E-state index in [1.165, 1.54) is 17.4 Å². The molecule has 0 aliphatic heterocycles. The smallest absolute Gasteiger partial charge is 0.270 e. The second-order valence-corrected chi connectivity index (χ2v) is 7.78. The predicted octanol–water partition coefficient (Wildman–Crippen LogP) is 4.66. The minimum absolute atomic E-state index is 0. The normalized spacial score (nSPS) is 11.0. The highest BCUT2D eigenvalue weighted by molar-refractivity contribution is 7.22. The van der Waals surface area contributed by atoms with Crippen LogP contribution < -0.4 is 4.90 Å². The number of carbonyl (C=O) groups excluding carboxylic acids is 1. The van der Waals surface area contributed by atoms with E-state index in [1.54, 1.807) is 11.0 Å². The molecule has 0 fully saturated rings. The molecule has 0 unspecified atom stereocenters. The first kappa shape index (κ1) is 20.7. The highest BCUT2D eigenvalue weighted by Crippen LogP contribution is 2.32. The summed E-state index contributed by atoms with van der Waals surface area (Å²) in [4.78, 5) is 21.3. The number of halogens is 3. The van der Waals surface area contributed by atoms with Crippen LogP contribution in [0.2, 0.25) is 0 Å². The predicted molar refractivity (Wildman–Crippen MR) is 106 cm³/mol. The van der Waals surface area contributed by atoms with Crippen LogP contribution in [0.25, 0.3) is 10.2 Å². The zero-order valence-electron chi connectivity index (χ0n) is 14.2. The van der Waals surface area contributed by atoms with Crippen molar-refractivity contribution in [2.45, 2.75) is 6.42 Å². The first-order valence-corrected chi connectivity index (χ1v) is 9.41. The third-order valence-corrected chi connectivity index (χ3v) is 5.48. The van der Waals surface area contributed by atoms with E-state index in [0.29, 0.717) is 21.3 Å². The lowest BCUT2D eigenvalue weighted by Crippen LogP contribution is -2.32. The van der Waals surface area contributed by atoms with E-state index in [2.05, 4.69) is 4.98 Å². The Labute approximate surface area is 164 Å². The Hall–Kier alpha value is -1.61. The maximum absolute atomic E-state index is 14.0. The van der Waals surface area contributed by atoms with Gasteiger partial charge in [0.05, 0.1) is 9.58 Å². The average Bonchev–Trinajstić information content (AvgIpc) is 3.20. The zero-order valence-corrected chi connectivity index (χ0v) is 16.7. The fraction of sp³-hybridized carbons (Fsp3) is 0.294. The Morgan fingerprint density at radius 1 is 1.23 bits per heavy atom. The van der Waals surface area contributed by atoms with Gasteiger partial charge in [0.1, 0.15) is 11.3 Å². The van der Waals surface area contributed by atoms with Gasteiger partial charge < -0.3 is 4.90 Å². The van der Waals surface area contributed by atoms with Gasteiger partial charge in [0.25, 0.3) is 5.91 Å². The molecule has 2 aromatic heterocycles. The van der Waals surface area contributed by atoms with Crippen LogP contribution in [0.3, 0.4) is 0 Å². The van der Waals surface area contributed by atoms with E-state index in [4.69, 9.17) is 0 Å². The molecule has 0 radical (unpaired) electrons. The van der Waals surface area contributed by atoms with Gasteiger partial charge in [0, 0.05) is 12.6 Å². The summed E-state index contributed by atoms with van der Waals surface area (Å²) in [6.07, 6.45) is 0.747. The summed E-state index contributed by atoms with van der Waals surface area (Å²) in [5.74, 6) is -1.54. The Morgan fingerprint density at radius 3 is 2.65 bits per heavy atom. The molecule has 140 valence electrons. The zero-order chi connectivity index (χ0) is 18.0. The van der Waals surface area contributed by atoms with Crippen LogP contribution in [0.1, 0.15) is 16.1 Å². The SMILES string of the molecule is CN(C)CCCN(C(=O)c1cccs1)c1nc2c(F)cc(F)cc2s1.Cl. The molecule has 1 amide bonds. The van der Waals surface area contributed by atoms with E-state index >= 15 is 0 Å². The number of thiazole rings is 1. The Bertz CT molecular complexity index is 884. The van der Waals surface area contributed by atoms with Gasteiger partial charge in [0.15, 0.2) is 10.9 Å². The maximum atomic E-state index is 14.0. The number of anilines is 1. The largest absolute Gasteiger partial charge is 0.309 e. The maximum Gasteiger partial charge on any atom is 0.270 e. The summed E-state index contributed by atoms with van der Waals surface area (Å²) in [6.45, 7) is 1.26. The summed E-state index contributed by atoms with van der Waals surface area (Å²) in [6, 6.07) is 5.61. The minimum atomic E-state index is -0.714. The molecule has 2 heterocycles. The van der Waals surface area contributed by atoms with Crippen LogP contribution in [0.15, 0.2) is 29.6 Å². The number of aromatic nitrogens is 1. The number of carbonyl (C=O) groups is 1. The number of thiophene rings is 1. The van der Waals surface area contributed by atoms with Crippen molar-refractivity contribution in [2.75, 3.05) is 32.1 Å². The van der Waals surface area contributed by atoms with E-state index in [9.17, 15) is 13.6 Å². The third kappa shape index (κ3) is 4.56. The molecule has 3 rings (SSSR count). The van der Waals surface area contributed by atoms with Gasteiger partial charge in [0.2, 0.25) is 0 Å². The minimum Gasteiger partial charge on any atom is -0.309 e. The molecule has 1 aromatic carbocycles. The molecular weight excluding hydrogens is 400 g/mol. The van der Waals surface area contributed by atoms with E-state index in [-0.39, 0.29) is 23.8 Å². The quantitative estimate of drug-likeness (QED) is 0.585. The summed E-state index contributed by atoms with van der Waals surface area (Å²) in [5, 5.41) is 2.22. The van der Waals surface area contributed by atoms with Gasteiger partial charge in [-0.25, -0.2) is 13.8 Å². The molecule has 0 aliphatic carbocycles. The van der Waals surface area contributed by atoms with Crippen LogP contribution >= 0.6 is 35.1 Å². The van der Waals surface area contributed by atoms with Crippen molar-refractivity contribution in [2.24, 2.45) is 0 Å². The Morgan fingerprint density at radius 2 is 2.00 bits per heavy atom. The second kappa shape index (κ2) is 8.85. The van der Waals surface area contributed by atoms with Crippen molar-refractivity contribution in [1.29, 1.82) is 0 Å². The van der Waals surface area contributed by atoms with Gasteiger partial charge in [-0.05, 0) is 44.6 Å². The van der Waals surface area contributed by atoms with Gasteiger partial charge in [-0.2, -0.15) is 0 Å². The highest BCUT2D eigenvalue weighted by atomic mass is 35.5. The second-order valence-electron chi connectivity index (χ2n) is 5.82. The number of hydrogen-bond acceptors (Lipinski definition) is 5. The van der Waals surface area contributed by atoms with Crippen LogP contribution in [-0.4, -0.2) is 43.0 Å². The first-order valence-electron chi connectivity index (χ1n) is 7.71. The van der Waals surface area contributed by atoms with Crippen LogP contribution in [0.4, 0.5) is 13.9 Å². The van der Waals surface area contributed by atoms with Crippen molar-refractivity contribution in [3.63, 3.8) is 0 Å². The molecule has 0 bridgehead atoms. The number of benzene rings is 1. The number of hydrogen-bond donors (Lipinski definition) is 0. The van der Waals surface area contributed by atoms with Crippen LogP contribution in [-0.2, 0) is 0 Å². The molecule has 0 saturated carbocycles. The molecule has 0 saturated heterocycles. The van der Waals surface area contributed by atoms with Gasteiger partial charge in [-0.1, -0.05) is 17.4 Å². The number of amides is 1. The molecule has 0 spiro atoms. The van der Waals surface area contributed by atoms with Crippen LogP contribution in [0.5, 0.6) is 0 Å². The van der Waals surface area contributed by atoms with Crippen molar-refractivity contribution in [3.8, 4) is 0 Å². The fourth-order valence-electron chi connectivity index (χ4n) is 2.42. The fourth-order valence-corrected chi connectivity index (χ4v) is 4.12. The van der Waals surface area contributed by atoms with Crippen molar-refractivity contribution in [3.05, 3.63) is 46.2 Å². The summed E-state index contributed by atoms with van der Waals surface area (Å²) in [7, 11) is 3.92. The van der Waals surface area contributed by atoms with Crippen molar-refractivity contribution >= 4 is 56.3 Å². The van der Waals surface area contributed by atoms with E-state index in [1.807, 2.05) is 30.4 Å². The summed E-state index contributed by atoms with van der Waals surface area (Å²) in [5.41, 5.74) is 0.0954. The van der Waals surface area contributed by atoms with Gasteiger partial charge in [-0.3, -0.25) is 9.69 Å². The van der Waals surface area contributed by atoms with Crippen LogP contribution in [0, 0.1) is 11.6 Å². The lowest BCUT2D eigenvalue weighted by Gasteiger charge is -2.20. The highest BCUT2D eigenvalue weighted by Gasteiger charge is 2.23. The average molecular weight is 418 g/mol.